The van der Waals surface area contributed by atoms with E-state index in [-0.39, 0.29) is 0 Å². The SMILES string of the molecule is CCCCN(C)c1cc(CNC2CC2)c2ccccc2n1. The van der Waals surface area contributed by atoms with Gasteiger partial charge in [0.2, 0.25) is 0 Å². The van der Waals surface area contributed by atoms with Gasteiger partial charge in [0.1, 0.15) is 5.82 Å². The number of hydrogen-bond donors (Lipinski definition) is 1. The van der Waals surface area contributed by atoms with Crippen LogP contribution in [0.15, 0.2) is 30.3 Å². The minimum Gasteiger partial charge on any atom is -0.360 e. The van der Waals surface area contributed by atoms with Gasteiger partial charge in [-0.3, -0.25) is 0 Å². The summed E-state index contributed by atoms with van der Waals surface area (Å²) in [6.45, 7) is 4.24. The van der Waals surface area contributed by atoms with Crippen LogP contribution in [0.4, 0.5) is 5.82 Å². The third-order valence-electron chi connectivity index (χ3n) is 4.19. The second kappa shape index (κ2) is 6.44. The summed E-state index contributed by atoms with van der Waals surface area (Å²) in [7, 11) is 2.14. The number of nitrogens with one attached hydrogen (secondary N) is 1. The van der Waals surface area contributed by atoms with Gasteiger partial charge < -0.3 is 10.2 Å². The molecule has 3 nitrogen and oxygen atoms in total. The van der Waals surface area contributed by atoms with Gasteiger partial charge in [-0.1, -0.05) is 31.5 Å². The molecule has 0 spiro atoms. The highest BCUT2D eigenvalue weighted by Crippen LogP contribution is 2.25. The highest BCUT2D eigenvalue weighted by Gasteiger charge is 2.20. The van der Waals surface area contributed by atoms with Gasteiger partial charge >= 0.3 is 0 Å². The zero-order valence-corrected chi connectivity index (χ0v) is 13.1. The normalized spacial score (nSPS) is 14.6. The van der Waals surface area contributed by atoms with Crippen molar-refractivity contribution in [1.82, 2.24) is 10.3 Å². The molecule has 0 saturated heterocycles. The van der Waals surface area contributed by atoms with Crippen molar-refractivity contribution in [2.45, 2.75) is 45.2 Å². The van der Waals surface area contributed by atoms with Crippen molar-refractivity contribution >= 4 is 16.7 Å². The summed E-state index contributed by atoms with van der Waals surface area (Å²) < 4.78 is 0. The Morgan fingerprint density at radius 3 is 2.86 bits per heavy atom. The molecule has 1 fully saturated rings. The van der Waals surface area contributed by atoms with Crippen molar-refractivity contribution in [2.24, 2.45) is 0 Å². The molecule has 112 valence electrons. The highest BCUT2D eigenvalue weighted by atomic mass is 15.2. The standard InChI is InChI=1S/C18H25N3/c1-3-4-11-21(2)18-12-14(13-19-15-9-10-15)16-7-5-6-8-17(16)20-18/h5-8,12,15,19H,3-4,9-11,13H2,1-2H3. The van der Waals surface area contributed by atoms with Crippen molar-refractivity contribution in [1.29, 1.82) is 0 Å². The summed E-state index contributed by atoms with van der Waals surface area (Å²) >= 11 is 0. The second-order valence-corrected chi connectivity index (χ2v) is 6.09. The maximum Gasteiger partial charge on any atom is 0.129 e. The zero-order valence-electron chi connectivity index (χ0n) is 13.1. The van der Waals surface area contributed by atoms with Crippen LogP contribution in [0.1, 0.15) is 38.2 Å². The Morgan fingerprint density at radius 1 is 1.29 bits per heavy atom. The van der Waals surface area contributed by atoms with Gasteiger partial charge in [-0.2, -0.15) is 0 Å². The summed E-state index contributed by atoms with van der Waals surface area (Å²) in [4.78, 5) is 7.10. The Balaban J connectivity index is 1.89. The molecule has 0 radical (unpaired) electrons. The Bertz CT molecular complexity index is 604. The van der Waals surface area contributed by atoms with Crippen molar-refractivity contribution in [3.8, 4) is 0 Å². The third-order valence-corrected chi connectivity index (χ3v) is 4.19. The fourth-order valence-corrected chi connectivity index (χ4v) is 2.63. The van der Waals surface area contributed by atoms with E-state index in [1.807, 2.05) is 0 Å². The third kappa shape index (κ3) is 3.53. The lowest BCUT2D eigenvalue weighted by Gasteiger charge is -2.20. The molecule has 1 aliphatic rings. The summed E-state index contributed by atoms with van der Waals surface area (Å²) in [6.07, 6.45) is 5.08. The number of fused-ring (bicyclic) bond motifs is 1. The summed E-state index contributed by atoms with van der Waals surface area (Å²) in [5, 5.41) is 4.90. The lowest BCUT2D eigenvalue weighted by molar-refractivity contribution is 0.689. The number of unbranched alkanes of at least 4 members (excludes halogenated alkanes) is 1. The van der Waals surface area contributed by atoms with Crippen LogP contribution in [-0.4, -0.2) is 24.6 Å². The second-order valence-electron chi connectivity index (χ2n) is 6.09. The number of pyridine rings is 1. The van der Waals surface area contributed by atoms with Crippen LogP contribution in [-0.2, 0) is 6.54 Å². The van der Waals surface area contributed by atoms with E-state index in [4.69, 9.17) is 4.98 Å². The lowest BCUT2D eigenvalue weighted by atomic mass is 10.1. The van der Waals surface area contributed by atoms with E-state index in [1.165, 1.54) is 36.6 Å². The predicted molar refractivity (Wildman–Crippen MR) is 89.8 cm³/mol. The van der Waals surface area contributed by atoms with Gasteiger partial charge in [-0.25, -0.2) is 4.98 Å². The first-order chi connectivity index (χ1) is 10.3. The fourth-order valence-electron chi connectivity index (χ4n) is 2.63. The number of nitrogens with zero attached hydrogens (tertiary/aromatic N) is 2. The quantitative estimate of drug-likeness (QED) is 0.839. The van der Waals surface area contributed by atoms with Gasteiger partial charge in [0, 0.05) is 31.6 Å². The van der Waals surface area contributed by atoms with Crippen LogP contribution >= 0.6 is 0 Å². The van der Waals surface area contributed by atoms with Crippen LogP contribution < -0.4 is 10.2 Å². The van der Waals surface area contributed by atoms with Gasteiger partial charge in [-0.05, 0) is 37.0 Å². The van der Waals surface area contributed by atoms with E-state index in [0.717, 1.165) is 30.5 Å². The van der Waals surface area contributed by atoms with E-state index in [9.17, 15) is 0 Å². The molecular formula is C18H25N3. The molecule has 1 aromatic carbocycles. The van der Waals surface area contributed by atoms with E-state index >= 15 is 0 Å². The minimum absolute atomic E-state index is 0.734. The molecular weight excluding hydrogens is 258 g/mol. The number of aromatic nitrogens is 1. The molecule has 0 amide bonds. The molecule has 21 heavy (non-hydrogen) atoms. The Hall–Kier alpha value is -1.61. The van der Waals surface area contributed by atoms with Crippen molar-refractivity contribution in [3.05, 3.63) is 35.9 Å². The van der Waals surface area contributed by atoms with E-state index in [0.29, 0.717) is 0 Å². The lowest BCUT2D eigenvalue weighted by Crippen LogP contribution is -2.21. The molecule has 0 aliphatic heterocycles. The number of hydrogen-bond acceptors (Lipinski definition) is 3. The molecule has 1 saturated carbocycles. The number of benzene rings is 1. The molecule has 3 rings (SSSR count). The van der Waals surface area contributed by atoms with Gasteiger partial charge in [-0.15, -0.1) is 0 Å². The predicted octanol–water partition coefficient (Wildman–Crippen LogP) is 3.72. The first kappa shape index (κ1) is 14.3. The number of para-hydroxylation sites is 1. The Kier molecular flexibility index (Phi) is 4.39. The van der Waals surface area contributed by atoms with Gasteiger partial charge in [0.25, 0.3) is 0 Å². The Labute approximate surface area is 127 Å². The van der Waals surface area contributed by atoms with Crippen molar-refractivity contribution in [3.63, 3.8) is 0 Å². The maximum absolute atomic E-state index is 4.83. The smallest absolute Gasteiger partial charge is 0.129 e. The first-order valence-electron chi connectivity index (χ1n) is 8.11. The minimum atomic E-state index is 0.734. The number of anilines is 1. The summed E-state index contributed by atoms with van der Waals surface area (Å²) in [5.41, 5.74) is 2.47. The molecule has 1 heterocycles. The van der Waals surface area contributed by atoms with Crippen LogP contribution in [0.3, 0.4) is 0 Å². The average molecular weight is 283 g/mol. The first-order valence-corrected chi connectivity index (χ1v) is 8.11. The molecule has 0 unspecified atom stereocenters. The van der Waals surface area contributed by atoms with Gasteiger partial charge in [0.05, 0.1) is 5.52 Å². The molecule has 1 aromatic heterocycles. The fraction of sp³-hybridized carbons (Fsp3) is 0.500. The van der Waals surface area contributed by atoms with E-state index in [2.05, 4.69) is 54.5 Å². The number of rotatable bonds is 7. The largest absolute Gasteiger partial charge is 0.360 e. The van der Waals surface area contributed by atoms with Crippen LogP contribution in [0, 0.1) is 0 Å². The molecule has 3 heteroatoms. The van der Waals surface area contributed by atoms with Crippen LogP contribution in [0.2, 0.25) is 0 Å². The highest BCUT2D eigenvalue weighted by molar-refractivity contribution is 5.84. The molecule has 1 aliphatic carbocycles. The molecule has 0 bridgehead atoms. The maximum atomic E-state index is 4.83. The van der Waals surface area contributed by atoms with Crippen molar-refractivity contribution in [2.75, 3.05) is 18.5 Å². The monoisotopic (exact) mass is 283 g/mol. The van der Waals surface area contributed by atoms with Crippen LogP contribution in [0.25, 0.3) is 10.9 Å². The van der Waals surface area contributed by atoms with Crippen molar-refractivity contribution < 1.29 is 0 Å². The van der Waals surface area contributed by atoms with E-state index < -0.39 is 0 Å². The topological polar surface area (TPSA) is 28.2 Å². The zero-order chi connectivity index (χ0) is 14.7. The molecule has 1 N–H and O–H groups in total. The average Bonchev–Trinajstić information content (AvgIpc) is 3.34. The van der Waals surface area contributed by atoms with Crippen LogP contribution in [0.5, 0.6) is 0 Å². The Morgan fingerprint density at radius 2 is 2.10 bits per heavy atom. The molecule has 0 atom stereocenters. The van der Waals surface area contributed by atoms with E-state index in [1.54, 1.807) is 0 Å². The summed E-state index contributed by atoms with van der Waals surface area (Å²) in [6, 6.07) is 11.5. The molecule has 2 aromatic rings. The summed E-state index contributed by atoms with van der Waals surface area (Å²) in [5.74, 6) is 1.09. The van der Waals surface area contributed by atoms with Gasteiger partial charge in [0.15, 0.2) is 0 Å².